The first kappa shape index (κ1) is 23.9. The predicted octanol–water partition coefficient (Wildman–Crippen LogP) is 5.94. The van der Waals surface area contributed by atoms with Gasteiger partial charge in [-0.05, 0) is 73.9 Å². The topological polar surface area (TPSA) is 95.2 Å². The second kappa shape index (κ2) is 10.8. The predicted molar refractivity (Wildman–Crippen MR) is 141 cm³/mol. The van der Waals surface area contributed by atoms with E-state index in [1.54, 1.807) is 19.2 Å². The second-order valence-corrected chi connectivity index (χ2v) is 8.60. The Labute approximate surface area is 204 Å². The minimum Gasteiger partial charge on any atom is -0.497 e. The molecular formula is C28H30N4O3. The van der Waals surface area contributed by atoms with Crippen molar-refractivity contribution in [3.05, 3.63) is 78.4 Å². The van der Waals surface area contributed by atoms with Crippen LogP contribution in [0.3, 0.4) is 0 Å². The first-order valence-electron chi connectivity index (χ1n) is 11.6. The fourth-order valence-electron chi connectivity index (χ4n) is 4.04. The van der Waals surface area contributed by atoms with Crippen LogP contribution in [0.2, 0.25) is 0 Å². The van der Waals surface area contributed by atoms with Gasteiger partial charge in [-0.1, -0.05) is 30.3 Å². The number of anilines is 2. The normalized spacial score (nSPS) is 10.9. The van der Waals surface area contributed by atoms with Gasteiger partial charge in [0, 0.05) is 29.1 Å². The molecule has 4 aromatic rings. The summed E-state index contributed by atoms with van der Waals surface area (Å²) in [6.07, 6.45) is 0.845. The molecule has 3 aromatic carbocycles. The van der Waals surface area contributed by atoms with Crippen molar-refractivity contribution >= 4 is 34.2 Å². The van der Waals surface area contributed by atoms with Gasteiger partial charge in [0.05, 0.1) is 18.5 Å². The van der Waals surface area contributed by atoms with Gasteiger partial charge in [0.15, 0.2) is 0 Å². The lowest BCUT2D eigenvalue weighted by atomic mass is 10.0. The molecule has 0 saturated heterocycles. The third-order valence-corrected chi connectivity index (χ3v) is 5.66. The minimum atomic E-state index is -0.315. The summed E-state index contributed by atoms with van der Waals surface area (Å²) < 4.78 is 5.29. The molecule has 3 amide bonds. The summed E-state index contributed by atoms with van der Waals surface area (Å²) in [7, 11) is 1.65. The number of urea groups is 1. The fraction of sp³-hybridized carbons (Fsp3) is 0.214. The molecular weight excluding hydrogens is 440 g/mol. The van der Waals surface area contributed by atoms with Crippen LogP contribution in [-0.4, -0.2) is 30.1 Å². The highest BCUT2D eigenvalue weighted by atomic mass is 16.5. The van der Waals surface area contributed by atoms with Crippen LogP contribution >= 0.6 is 0 Å². The van der Waals surface area contributed by atoms with E-state index in [2.05, 4.69) is 27.0 Å². The number of ether oxygens (including phenoxy) is 1. The van der Waals surface area contributed by atoms with Gasteiger partial charge in [-0.25, -0.2) is 4.79 Å². The minimum absolute atomic E-state index is 0.00724. The van der Waals surface area contributed by atoms with Gasteiger partial charge in [-0.15, -0.1) is 0 Å². The Bertz CT molecular complexity index is 1330. The van der Waals surface area contributed by atoms with E-state index in [0.29, 0.717) is 17.8 Å². The van der Waals surface area contributed by atoms with E-state index in [4.69, 9.17) is 4.74 Å². The van der Waals surface area contributed by atoms with Gasteiger partial charge in [-0.2, -0.15) is 0 Å². The number of amides is 3. The van der Waals surface area contributed by atoms with Crippen molar-refractivity contribution in [3.8, 4) is 17.0 Å². The Morgan fingerprint density at radius 3 is 2.23 bits per heavy atom. The number of hydrogen-bond donors (Lipinski definition) is 4. The van der Waals surface area contributed by atoms with E-state index in [9.17, 15) is 9.59 Å². The van der Waals surface area contributed by atoms with Gasteiger partial charge in [-0.3, -0.25) is 4.79 Å². The van der Waals surface area contributed by atoms with Gasteiger partial charge in [0.2, 0.25) is 5.91 Å². The smallest absolute Gasteiger partial charge is 0.319 e. The number of carbonyl (C=O) groups excluding carboxylic acids is 2. The summed E-state index contributed by atoms with van der Waals surface area (Å²) in [4.78, 5) is 28.6. The van der Waals surface area contributed by atoms with Crippen molar-refractivity contribution in [2.45, 2.75) is 32.7 Å². The highest BCUT2D eigenvalue weighted by Crippen LogP contribution is 2.32. The molecule has 35 heavy (non-hydrogen) atoms. The molecule has 7 nitrogen and oxygen atoms in total. The average molecular weight is 471 g/mol. The molecule has 7 heteroatoms. The number of hydrogen-bond acceptors (Lipinski definition) is 3. The molecule has 0 fully saturated rings. The Kier molecular flexibility index (Phi) is 7.35. The van der Waals surface area contributed by atoms with Crippen LogP contribution in [0.4, 0.5) is 16.2 Å². The number of H-pyrrole nitrogens is 1. The van der Waals surface area contributed by atoms with Gasteiger partial charge < -0.3 is 25.7 Å². The van der Waals surface area contributed by atoms with Crippen LogP contribution < -0.4 is 20.7 Å². The number of aromatic amines is 1. The Morgan fingerprint density at radius 2 is 1.54 bits per heavy atom. The summed E-state index contributed by atoms with van der Waals surface area (Å²) in [5.41, 5.74) is 5.25. The van der Waals surface area contributed by atoms with Crippen molar-refractivity contribution < 1.29 is 14.3 Å². The van der Waals surface area contributed by atoms with Gasteiger partial charge in [0.1, 0.15) is 5.75 Å². The van der Waals surface area contributed by atoms with Gasteiger partial charge >= 0.3 is 6.03 Å². The summed E-state index contributed by atoms with van der Waals surface area (Å²) in [5.74, 6) is 0.662. The van der Waals surface area contributed by atoms with Crippen molar-refractivity contribution in [1.82, 2.24) is 10.3 Å². The van der Waals surface area contributed by atoms with Crippen LogP contribution in [0.25, 0.3) is 22.2 Å². The number of benzene rings is 3. The monoisotopic (exact) mass is 470 g/mol. The number of methoxy groups -OCH3 is 1. The van der Waals surface area contributed by atoms with Crippen molar-refractivity contribution in [3.63, 3.8) is 0 Å². The maximum Gasteiger partial charge on any atom is 0.319 e. The molecule has 0 aliphatic rings. The van der Waals surface area contributed by atoms with E-state index in [1.165, 1.54) is 0 Å². The van der Waals surface area contributed by atoms with Crippen molar-refractivity contribution in [1.29, 1.82) is 0 Å². The molecule has 0 unspecified atom stereocenters. The van der Waals surface area contributed by atoms with Crippen molar-refractivity contribution in [2.24, 2.45) is 0 Å². The summed E-state index contributed by atoms with van der Waals surface area (Å²) in [5, 5.41) is 9.63. The highest BCUT2D eigenvalue weighted by molar-refractivity contribution is 5.99. The Hall–Kier alpha value is -4.26. The molecule has 0 aliphatic carbocycles. The Balaban J connectivity index is 1.51. The van der Waals surface area contributed by atoms with E-state index >= 15 is 0 Å². The average Bonchev–Trinajstić information content (AvgIpc) is 3.22. The number of nitrogens with one attached hydrogen (secondary N) is 4. The number of rotatable bonds is 8. The second-order valence-electron chi connectivity index (χ2n) is 8.60. The molecule has 0 radical (unpaired) electrons. The number of fused-ring (bicyclic) bond motifs is 1. The lowest BCUT2D eigenvalue weighted by Gasteiger charge is -2.14. The van der Waals surface area contributed by atoms with Crippen LogP contribution in [0, 0.1) is 0 Å². The zero-order valence-electron chi connectivity index (χ0n) is 20.1. The van der Waals surface area contributed by atoms with Crippen LogP contribution in [0.15, 0.2) is 72.8 Å². The third kappa shape index (κ3) is 5.81. The maximum absolute atomic E-state index is 12.9. The number of aryl methyl sites for hydroxylation is 1. The number of aromatic nitrogens is 1. The van der Waals surface area contributed by atoms with E-state index in [-0.39, 0.29) is 24.4 Å². The van der Waals surface area contributed by atoms with Gasteiger partial charge in [0.25, 0.3) is 0 Å². The van der Waals surface area contributed by atoms with Crippen molar-refractivity contribution in [2.75, 3.05) is 17.7 Å². The number of carbonyl (C=O) groups is 2. The van der Waals surface area contributed by atoms with E-state index < -0.39 is 0 Å². The van der Waals surface area contributed by atoms with Crippen LogP contribution in [0.1, 0.15) is 25.8 Å². The number of para-hydroxylation sites is 3. The molecule has 1 heterocycles. The third-order valence-electron chi connectivity index (χ3n) is 5.66. The lowest BCUT2D eigenvalue weighted by molar-refractivity contribution is -0.116. The molecule has 0 bridgehead atoms. The van der Waals surface area contributed by atoms with E-state index in [0.717, 1.165) is 33.5 Å². The highest BCUT2D eigenvalue weighted by Gasteiger charge is 2.16. The molecule has 4 N–H and O–H groups in total. The standard InChI is InChI=1S/C28H30N4O3/c1-18(2)29-28(34)32-25-11-7-6-10-24(25)30-26(33)17-16-22-21-8-4-5-9-23(21)31-27(22)19-12-14-20(35-3)15-13-19/h4-15,18,31H,16-17H2,1-3H3,(H,30,33)(H2,29,32,34). The Morgan fingerprint density at radius 1 is 0.886 bits per heavy atom. The summed E-state index contributed by atoms with van der Waals surface area (Å²) >= 11 is 0. The SMILES string of the molecule is COc1ccc(-c2[nH]c3ccccc3c2CCC(=O)Nc2ccccc2NC(=O)NC(C)C)cc1. The molecule has 0 atom stereocenters. The quantitative estimate of drug-likeness (QED) is 0.256. The molecule has 0 saturated carbocycles. The zero-order valence-corrected chi connectivity index (χ0v) is 20.1. The maximum atomic E-state index is 12.9. The summed E-state index contributed by atoms with van der Waals surface area (Å²) in [6, 6.07) is 22.8. The molecule has 0 aliphatic heterocycles. The molecule has 180 valence electrons. The largest absolute Gasteiger partial charge is 0.497 e. The lowest BCUT2D eigenvalue weighted by Crippen LogP contribution is -2.34. The fourth-order valence-corrected chi connectivity index (χ4v) is 4.04. The summed E-state index contributed by atoms with van der Waals surface area (Å²) in [6.45, 7) is 3.77. The molecule has 0 spiro atoms. The van der Waals surface area contributed by atoms with Crippen LogP contribution in [-0.2, 0) is 11.2 Å². The molecule has 1 aromatic heterocycles. The first-order valence-corrected chi connectivity index (χ1v) is 11.6. The van der Waals surface area contributed by atoms with Crippen LogP contribution in [0.5, 0.6) is 5.75 Å². The first-order chi connectivity index (χ1) is 16.9. The zero-order chi connectivity index (χ0) is 24.8. The van der Waals surface area contributed by atoms with E-state index in [1.807, 2.05) is 68.4 Å². The molecule has 4 rings (SSSR count).